The molecule has 0 bridgehead atoms. The minimum Gasteiger partial charge on any atom is -0.462 e. The summed E-state index contributed by atoms with van der Waals surface area (Å²) in [6.07, 6.45) is 32.3. The molecule has 3 unspecified atom stereocenters. The van der Waals surface area contributed by atoms with Gasteiger partial charge < -0.3 is 33.8 Å². The van der Waals surface area contributed by atoms with Gasteiger partial charge >= 0.3 is 39.5 Å². The molecule has 0 radical (unpaired) electrons. The average Bonchev–Trinajstić information content (AvgIpc) is 3.40. The Kier molecular flexibility index (Phi) is 50.6. The number of rotatable bonds is 58. The number of phosphoric ester groups is 2. The predicted molar refractivity (Wildman–Crippen MR) is 308 cm³/mol. The van der Waals surface area contributed by atoms with Gasteiger partial charge in [-0.25, -0.2) is 9.13 Å². The second-order valence-corrected chi connectivity index (χ2v) is 25.0. The van der Waals surface area contributed by atoms with Crippen LogP contribution in [0.1, 0.15) is 286 Å². The first-order valence-electron chi connectivity index (χ1n) is 31.0. The normalized spacial score (nSPS) is 14.8. The standard InChI is InChI=1S/C59H114O17P2/c1-7-10-12-14-16-17-18-19-23-31-37-43-58(63)75-54(48-70-57(62)42-36-30-24-20-22-27-33-39-51(4)5)49-73-77(65,66)71-45-53(60)46-72-78(67,68)74-50-55(47-69-56(61)41-35-29-21-15-13-11-8-2)76-59(64)44-38-32-26-25-28-34-40-52(6)9-3/h51-55,60H,7-50H2,1-6H3,(H,65,66)(H,67,68)/t52?,53-,54-,55-/m1/s1. The van der Waals surface area contributed by atoms with E-state index in [0.29, 0.717) is 31.6 Å². The zero-order valence-electron chi connectivity index (χ0n) is 50.0. The van der Waals surface area contributed by atoms with Crippen LogP contribution in [0.15, 0.2) is 0 Å². The molecular weight excluding hydrogens is 1040 g/mol. The summed E-state index contributed by atoms with van der Waals surface area (Å²) in [6.45, 7) is 9.30. The molecule has 462 valence electrons. The van der Waals surface area contributed by atoms with Crippen LogP contribution >= 0.6 is 15.6 Å². The van der Waals surface area contributed by atoms with Crippen LogP contribution < -0.4 is 0 Å². The molecule has 0 fully saturated rings. The Labute approximate surface area is 473 Å². The monoisotopic (exact) mass is 1160 g/mol. The fraction of sp³-hybridized carbons (Fsp3) is 0.932. The Balaban J connectivity index is 5.23. The highest BCUT2D eigenvalue weighted by Gasteiger charge is 2.30. The first-order valence-corrected chi connectivity index (χ1v) is 34.0. The SMILES string of the molecule is CCCCCCCCCCCCCC(=O)O[C@H](COC(=O)CCCCCCCCCC(C)C)COP(=O)(O)OC[C@@H](O)COP(=O)(O)OC[C@@H](COC(=O)CCCCCCCCC)OC(=O)CCCCCCCCC(C)CC. The van der Waals surface area contributed by atoms with Crippen LogP contribution in [0.4, 0.5) is 0 Å². The van der Waals surface area contributed by atoms with E-state index >= 15 is 0 Å². The van der Waals surface area contributed by atoms with Gasteiger partial charge in [-0.15, -0.1) is 0 Å². The van der Waals surface area contributed by atoms with Gasteiger partial charge in [0.25, 0.3) is 0 Å². The second kappa shape index (κ2) is 51.9. The van der Waals surface area contributed by atoms with Crippen LogP contribution in [0.5, 0.6) is 0 Å². The van der Waals surface area contributed by atoms with E-state index in [1.165, 1.54) is 83.5 Å². The summed E-state index contributed by atoms with van der Waals surface area (Å²) in [7, 11) is -9.87. The van der Waals surface area contributed by atoms with Crippen LogP contribution in [0, 0.1) is 11.8 Å². The molecule has 0 saturated heterocycles. The lowest BCUT2D eigenvalue weighted by atomic mass is 10.00. The number of ether oxygens (including phenoxy) is 4. The fourth-order valence-electron chi connectivity index (χ4n) is 8.61. The molecule has 19 heteroatoms. The van der Waals surface area contributed by atoms with Crippen molar-refractivity contribution in [2.75, 3.05) is 39.6 Å². The lowest BCUT2D eigenvalue weighted by Crippen LogP contribution is -2.30. The highest BCUT2D eigenvalue weighted by atomic mass is 31.2. The molecule has 0 saturated carbocycles. The second-order valence-electron chi connectivity index (χ2n) is 22.1. The maximum absolute atomic E-state index is 12.9. The van der Waals surface area contributed by atoms with Crippen LogP contribution in [0.25, 0.3) is 0 Å². The lowest BCUT2D eigenvalue weighted by molar-refractivity contribution is -0.161. The highest BCUT2D eigenvalue weighted by molar-refractivity contribution is 7.47. The first kappa shape index (κ1) is 76.1. The van der Waals surface area contributed by atoms with Crippen LogP contribution in [0.3, 0.4) is 0 Å². The average molecular weight is 1160 g/mol. The van der Waals surface area contributed by atoms with E-state index in [4.69, 9.17) is 37.0 Å². The quantitative estimate of drug-likeness (QED) is 0.0222. The van der Waals surface area contributed by atoms with Crippen molar-refractivity contribution in [2.45, 2.75) is 304 Å². The number of aliphatic hydroxyl groups is 1. The van der Waals surface area contributed by atoms with Crippen molar-refractivity contribution in [3.8, 4) is 0 Å². The van der Waals surface area contributed by atoms with Crippen molar-refractivity contribution in [3.63, 3.8) is 0 Å². The summed E-state index contributed by atoms with van der Waals surface area (Å²) in [6, 6.07) is 0. The molecule has 0 aliphatic rings. The number of phosphoric acid groups is 2. The van der Waals surface area contributed by atoms with Gasteiger partial charge in [-0.05, 0) is 37.5 Å². The number of hydrogen-bond donors (Lipinski definition) is 3. The Morgan fingerprint density at radius 1 is 0.372 bits per heavy atom. The molecule has 3 N–H and O–H groups in total. The molecule has 0 aromatic heterocycles. The predicted octanol–water partition coefficient (Wildman–Crippen LogP) is 15.7. The van der Waals surface area contributed by atoms with Crippen LogP contribution in [-0.4, -0.2) is 96.7 Å². The summed E-state index contributed by atoms with van der Waals surface area (Å²) in [5, 5.41) is 10.5. The number of unbranched alkanes of at least 4 members (excludes halogenated alkanes) is 27. The lowest BCUT2D eigenvalue weighted by Gasteiger charge is -2.21. The van der Waals surface area contributed by atoms with Crippen molar-refractivity contribution >= 4 is 39.5 Å². The van der Waals surface area contributed by atoms with Crippen molar-refractivity contribution in [1.82, 2.24) is 0 Å². The van der Waals surface area contributed by atoms with Gasteiger partial charge in [-0.1, -0.05) is 234 Å². The third-order valence-electron chi connectivity index (χ3n) is 13.8. The zero-order valence-corrected chi connectivity index (χ0v) is 51.7. The molecule has 78 heavy (non-hydrogen) atoms. The molecule has 17 nitrogen and oxygen atoms in total. The Bertz CT molecular complexity index is 1550. The summed E-state index contributed by atoms with van der Waals surface area (Å²) in [5.74, 6) is -0.722. The highest BCUT2D eigenvalue weighted by Crippen LogP contribution is 2.45. The number of carbonyl (C=O) groups excluding carboxylic acids is 4. The maximum Gasteiger partial charge on any atom is 0.472 e. The summed E-state index contributed by atoms with van der Waals surface area (Å²) >= 11 is 0. The van der Waals surface area contributed by atoms with Crippen molar-refractivity contribution < 1.29 is 80.2 Å². The van der Waals surface area contributed by atoms with E-state index in [9.17, 15) is 43.2 Å². The molecule has 0 amide bonds. The van der Waals surface area contributed by atoms with Crippen molar-refractivity contribution in [3.05, 3.63) is 0 Å². The van der Waals surface area contributed by atoms with Gasteiger partial charge in [0.05, 0.1) is 26.4 Å². The molecule has 0 aliphatic carbocycles. The molecule has 0 rings (SSSR count). The van der Waals surface area contributed by atoms with E-state index in [1.54, 1.807) is 0 Å². The zero-order chi connectivity index (χ0) is 58.0. The van der Waals surface area contributed by atoms with Gasteiger partial charge in [0.15, 0.2) is 12.2 Å². The number of carbonyl (C=O) groups is 4. The molecular formula is C59H114O17P2. The van der Waals surface area contributed by atoms with Crippen LogP contribution in [-0.2, 0) is 65.4 Å². The van der Waals surface area contributed by atoms with Crippen molar-refractivity contribution in [1.29, 1.82) is 0 Å². The minimum absolute atomic E-state index is 0.102. The number of hydrogen-bond acceptors (Lipinski definition) is 15. The molecule has 0 heterocycles. The topological polar surface area (TPSA) is 237 Å². The maximum atomic E-state index is 12.9. The van der Waals surface area contributed by atoms with Gasteiger partial charge in [-0.3, -0.25) is 37.3 Å². The molecule has 0 aromatic rings. The van der Waals surface area contributed by atoms with Crippen molar-refractivity contribution in [2.24, 2.45) is 11.8 Å². The first-order chi connectivity index (χ1) is 37.4. The summed E-state index contributed by atoms with van der Waals surface area (Å²) < 4.78 is 67.7. The largest absolute Gasteiger partial charge is 0.472 e. The van der Waals surface area contributed by atoms with E-state index < -0.39 is 97.5 Å². The van der Waals surface area contributed by atoms with Gasteiger partial charge in [0, 0.05) is 25.7 Å². The van der Waals surface area contributed by atoms with Crippen LogP contribution in [0.2, 0.25) is 0 Å². The third-order valence-corrected chi connectivity index (χ3v) is 15.7. The Morgan fingerprint density at radius 3 is 0.974 bits per heavy atom. The Hall–Kier alpha value is -1.94. The van der Waals surface area contributed by atoms with Gasteiger partial charge in [0.2, 0.25) is 0 Å². The minimum atomic E-state index is -4.94. The van der Waals surface area contributed by atoms with Gasteiger partial charge in [0.1, 0.15) is 19.3 Å². The smallest absolute Gasteiger partial charge is 0.462 e. The number of aliphatic hydroxyl groups excluding tert-OH is 1. The van der Waals surface area contributed by atoms with Gasteiger partial charge in [-0.2, -0.15) is 0 Å². The van der Waals surface area contributed by atoms with E-state index in [1.807, 2.05) is 0 Å². The van der Waals surface area contributed by atoms with E-state index in [0.717, 1.165) is 115 Å². The molecule has 0 spiro atoms. The van der Waals surface area contributed by atoms with E-state index in [-0.39, 0.29) is 25.7 Å². The fourth-order valence-corrected chi connectivity index (χ4v) is 10.2. The Morgan fingerprint density at radius 2 is 0.654 bits per heavy atom. The molecule has 6 atom stereocenters. The molecule has 0 aromatic carbocycles. The molecule has 0 aliphatic heterocycles. The summed E-state index contributed by atoms with van der Waals surface area (Å²) in [5.41, 5.74) is 0. The summed E-state index contributed by atoms with van der Waals surface area (Å²) in [4.78, 5) is 71.8. The number of esters is 4. The third kappa shape index (κ3) is 52.2. The van der Waals surface area contributed by atoms with E-state index in [2.05, 4.69) is 41.5 Å².